The number of nitrogens with one attached hydrogen (secondary N) is 1. The Morgan fingerprint density at radius 3 is 3.00 bits per heavy atom. The van der Waals surface area contributed by atoms with Crippen LogP contribution in [0.25, 0.3) is 0 Å². The molecule has 0 radical (unpaired) electrons. The summed E-state index contributed by atoms with van der Waals surface area (Å²) in [5.74, 6) is -0.312. The lowest BCUT2D eigenvalue weighted by Gasteiger charge is -2.33. The third kappa shape index (κ3) is 3.48. The molecule has 2 aromatic rings. The molecule has 5 nitrogen and oxygen atoms in total. The zero-order chi connectivity index (χ0) is 17.1. The van der Waals surface area contributed by atoms with Gasteiger partial charge >= 0.3 is 0 Å². The van der Waals surface area contributed by atoms with E-state index in [0.717, 1.165) is 25.2 Å². The predicted molar refractivity (Wildman–Crippen MR) is 90.9 cm³/mol. The van der Waals surface area contributed by atoms with Crippen molar-refractivity contribution >= 4 is 23.3 Å². The van der Waals surface area contributed by atoms with Gasteiger partial charge < -0.3 is 10.2 Å². The SMILES string of the molecule is Cc1ccc(F)c(C(=O)NC2CCCN(c3cnccn3)C2)c1Cl. The molecule has 3 rings (SSSR count). The number of amides is 1. The molecule has 1 fully saturated rings. The average molecular weight is 349 g/mol. The standard InChI is InChI=1S/C17H18ClFN4O/c1-11-4-5-13(19)15(16(11)18)17(24)22-12-3-2-8-23(10-12)14-9-20-6-7-21-14/h4-7,9,12H,2-3,8,10H2,1H3,(H,22,24). The van der Waals surface area contributed by atoms with Crippen LogP contribution in [-0.2, 0) is 0 Å². The number of hydrogen-bond donors (Lipinski definition) is 1. The summed E-state index contributed by atoms with van der Waals surface area (Å²) in [4.78, 5) is 22.9. The number of hydrogen-bond acceptors (Lipinski definition) is 4. The van der Waals surface area contributed by atoms with E-state index in [9.17, 15) is 9.18 Å². The second-order valence-corrected chi connectivity index (χ2v) is 6.25. The molecule has 2 heterocycles. The Bertz CT molecular complexity index is 741. The van der Waals surface area contributed by atoms with Gasteiger partial charge in [-0.25, -0.2) is 9.37 Å². The summed E-state index contributed by atoms with van der Waals surface area (Å²) >= 11 is 6.11. The Morgan fingerprint density at radius 1 is 1.42 bits per heavy atom. The maximum Gasteiger partial charge on any atom is 0.256 e. The lowest BCUT2D eigenvalue weighted by Crippen LogP contribution is -2.48. The Labute approximate surface area is 144 Å². The summed E-state index contributed by atoms with van der Waals surface area (Å²) in [5, 5.41) is 3.05. The van der Waals surface area contributed by atoms with E-state index in [2.05, 4.69) is 20.2 Å². The molecule has 126 valence electrons. The number of anilines is 1. The molecule has 1 aliphatic heterocycles. The van der Waals surface area contributed by atoms with E-state index in [0.29, 0.717) is 12.1 Å². The highest BCUT2D eigenvalue weighted by Crippen LogP contribution is 2.24. The second-order valence-electron chi connectivity index (χ2n) is 5.88. The minimum Gasteiger partial charge on any atom is -0.353 e. The van der Waals surface area contributed by atoms with E-state index < -0.39 is 11.7 Å². The minimum absolute atomic E-state index is 0.0895. The highest BCUT2D eigenvalue weighted by Gasteiger charge is 2.25. The van der Waals surface area contributed by atoms with Crippen molar-refractivity contribution in [2.45, 2.75) is 25.8 Å². The fraction of sp³-hybridized carbons (Fsp3) is 0.353. The lowest BCUT2D eigenvalue weighted by molar-refractivity contribution is 0.0929. The van der Waals surface area contributed by atoms with Crippen LogP contribution in [0.1, 0.15) is 28.8 Å². The molecule has 1 aromatic heterocycles. The summed E-state index contributed by atoms with van der Waals surface area (Å²) in [6.07, 6.45) is 6.69. The molecule has 0 aliphatic carbocycles. The lowest BCUT2D eigenvalue weighted by atomic mass is 10.0. The van der Waals surface area contributed by atoms with Gasteiger partial charge in [0.25, 0.3) is 5.91 Å². The first-order chi connectivity index (χ1) is 11.6. The van der Waals surface area contributed by atoms with Crippen LogP contribution in [0.3, 0.4) is 0 Å². The number of benzene rings is 1. The highest BCUT2D eigenvalue weighted by atomic mass is 35.5. The molecule has 1 atom stereocenters. The van der Waals surface area contributed by atoms with Gasteiger partial charge in [0.1, 0.15) is 11.6 Å². The monoisotopic (exact) mass is 348 g/mol. The van der Waals surface area contributed by atoms with Crippen molar-refractivity contribution in [1.82, 2.24) is 15.3 Å². The van der Waals surface area contributed by atoms with Crippen molar-refractivity contribution in [3.8, 4) is 0 Å². The maximum absolute atomic E-state index is 14.0. The van der Waals surface area contributed by atoms with Crippen molar-refractivity contribution in [3.63, 3.8) is 0 Å². The van der Waals surface area contributed by atoms with E-state index in [-0.39, 0.29) is 16.6 Å². The zero-order valence-electron chi connectivity index (χ0n) is 13.3. The first-order valence-electron chi connectivity index (χ1n) is 7.82. The first-order valence-corrected chi connectivity index (χ1v) is 8.20. The molecule has 1 N–H and O–H groups in total. The van der Waals surface area contributed by atoms with E-state index in [1.807, 2.05) is 0 Å². The maximum atomic E-state index is 14.0. The van der Waals surface area contributed by atoms with Gasteiger partial charge in [0, 0.05) is 31.5 Å². The number of aryl methyl sites for hydroxylation is 1. The van der Waals surface area contributed by atoms with Crippen LogP contribution in [0.15, 0.2) is 30.7 Å². The predicted octanol–water partition coefficient (Wildman–Crippen LogP) is 2.98. The zero-order valence-corrected chi connectivity index (χ0v) is 14.1. The van der Waals surface area contributed by atoms with Gasteiger partial charge in [-0.3, -0.25) is 9.78 Å². The largest absolute Gasteiger partial charge is 0.353 e. The van der Waals surface area contributed by atoms with Crippen molar-refractivity contribution in [3.05, 3.63) is 52.7 Å². The minimum atomic E-state index is -0.607. The number of piperidine rings is 1. The summed E-state index contributed by atoms with van der Waals surface area (Å²) in [6.45, 7) is 3.20. The summed E-state index contributed by atoms with van der Waals surface area (Å²) < 4.78 is 14.0. The average Bonchev–Trinajstić information content (AvgIpc) is 2.59. The third-order valence-electron chi connectivity index (χ3n) is 4.14. The third-order valence-corrected chi connectivity index (χ3v) is 4.63. The summed E-state index contributed by atoms with van der Waals surface area (Å²) in [6, 6.07) is 2.73. The van der Waals surface area contributed by atoms with Crippen LogP contribution in [0, 0.1) is 12.7 Å². The van der Waals surface area contributed by atoms with Gasteiger partial charge in [-0.2, -0.15) is 0 Å². The van der Waals surface area contributed by atoms with Crippen LogP contribution in [-0.4, -0.2) is 35.0 Å². The van der Waals surface area contributed by atoms with Crippen LogP contribution in [0.5, 0.6) is 0 Å². The second kappa shape index (κ2) is 7.13. The first kappa shape index (κ1) is 16.6. The fourth-order valence-electron chi connectivity index (χ4n) is 2.88. The van der Waals surface area contributed by atoms with Gasteiger partial charge in [-0.15, -0.1) is 0 Å². The number of halogens is 2. The smallest absolute Gasteiger partial charge is 0.256 e. The van der Waals surface area contributed by atoms with Crippen LogP contribution in [0.2, 0.25) is 5.02 Å². The van der Waals surface area contributed by atoms with Crippen LogP contribution >= 0.6 is 11.6 Å². The molecule has 1 aliphatic rings. The van der Waals surface area contributed by atoms with Crippen LogP contribution in [0.4, 0.5) is 10.2 Å². The molecule has 0 bridgehead atoms. The number of rotatable bonds is 3. The van der Waals surface area contributed by atoms with E-state index in [1.165, 1.54) is 6.07 Å². The molecule has 1 saturated heterocycles. The van der Waals surface area contributed by atoms with Gasteiger partial charge in [-0.05, 0) is 31.4 Å². The Hall–Kier alpha value is -2.21. The topological polar surface area (TPSA) is 58.1 Å². The highest BCUT2D eigenvalue weighted by molar-refractivity contribution is 6.34. The summed E-state index contributed by atoms with van der Waals surface area (Å²) in [7, 11) is 0. The summed E-state index contributed by atoms with van der Waals surface area (Å²) in [5.41, 5.74) is 0.585. The van der Waals surface area contributed by atoms with E-state index in [1.54, 1.807) is 31.6 Å². The number of aromatic nitrogens is 2. The van der Waals surface area contributed by atoms with Crippen molar-refractivity contribution in [2.75, 3.05) is 18.0 Å². The Balaban J connectivity index is 1.72. The molecule has 0 spiro atoms. The molecule has 0 saturated carbocycles. The normalized spacial score (nSPS) is 17.6. The van der Waals surface area contributed by atoms with Gasteiger partial charge in [0.2, 0.25) is 0 Å². The molecule has 1 aromatic carbocycles. The number of carbonyl (C=O) groups is 1. The molecule has 7 heteroatoms. The molecular weight excluding hydrogens is 331 g/mol. The van der Waals surface area contributed by atoms with Gasteiger partial charge in [0.15, 0.2) is 0 Å². The number of carbonyl (C=O) groups excluding carboxylic acids is 1. The van der Waals surface area contributed by atoms with Crippen LogP contribution < -0.4 is 10.2 Å². The quantitative estimate of drug-likeness (QED) is 0.926. The van der Waals surface area contributed by atoms with E-state index >= 15 is 0 Å². The molecule has 1 amide bonds. The fourth-order valence-corrected chi connectivity index (χ4v) is 3.12. The van der Waals surface area contributed by atoms with Gasteiger partial charge in [-0.1, -0.05) is 17.7 Å². The van der Waals surface area contributed by atoms with Gasteiger partial charge in [0.05, 0.1) is 16.8 Å². The molecule has 24 heavy (non-hydrogen) atoms. The molecule has 1 unspecified atom stereocenters. The van der Waals surface area contributed by atoms with Crippen molar-refractivity contribution in [1.29, 1.82) is 0 Å². The number of nitrogens with zero attached hydrogens (tertiary/aromatic N) is 3. The van der Waals surface area contributed by atoms with Crippen molar-refractivity contribution in [2.24, 2.45) is 0 Å². The Kier molecular flexibility index (Phi) is 4.94. The Morgan fingerprint density at radius 2 is 2.25 bits per heavy atom. The molecular formula is C17H18ClFN4O. The van der Waals surface area contributed by atoms with Crippen molar-refractivity contribution < 1.29 is 9.18 Å². The van der Waals surface area contributed by atoms with E-state index in [4.69, 9.17) is 11.6 Å².